The first-order valence-corrected chi connectivity index (χ1v) is 11.5. The molecule has 1 aliphatic rings. The van der Waals surface area contributed by atoms with Gasteiger partial charge in [-0.1, -0.05) is 48.5 Å². The summed E-state index contributed by atoms with van der Waals surface area (Å²) in [6.07, 6.45) is 2.64. The van der Waals surface area contributed by atoms with E-state index in [1.54, 1.807) is 11.3 Å². The molecule has 0 spiro atoms. The van der Waals surface area contributed by atoms with Crippen LogP contribution in [0.4, 0.5) is 10.7 Å². The highest BCUT2D eigenvalue weighted by Gasteiger charge is 2.16. The molecule has 4 rings (SSSR count). The molecule has 1 amide bonds. The summed E-state index contributed by atoms with van der Waals surface area (Å²) in [4.78, 5) is 18.6. The molecule has 2 heterocycles. The Morgan fingerprint density at radius 2 is 1.57 bits per heavy atom. The topological polar surface area (TPSA) is 35.6 Å². The summed E-state index contributed by atoms with van der Waals surface area (Å²) in [5.74, 6) is 0.0471. The smallest absolute Gasteiger partial charge is 0.229 e. The van der Waals surface area contributed by atoms with Crippen molar-refractivity contribution in [3.8, 4) is 0 Å². The molecule has 0 atom stereocenters. The molecule has 2 aromatic carbocycles. The van der Waals surface area contributed by atoms with Crippen molar-refractivity contribution in [1.29, 1.82) is 0 Å². The Morgan fingerprint density at radius 1 is 0.867 bits per heavy atom. The molecule has 3 aromatic rings. The molecular weight excluding hydrogens is 390 g/mol. The lowest BCUT2D eigenvalue weighted by Gasteiger charge is -2.36. The van der Waals surface area contributed by atoms with Gasteiger partial charge in [0.1, 0.15) is 0 Å². The summed E-state index contributed by atoms with van der Waals surface area (Å²) in [6, 6.07) is 24.7. The van der Waals surface area contributed by atoms with Crippen molar-refractivity contribution < 1.29 is 4.79 Å². The van der Waals surface area contributed by atoms with Gasteiger partial charge in [-0.25, -0.2) is 0 Å². The Morgan fingerprint density at radius 3 is 2.30 bits per heavy atom. The predicted molar refractivity (Wildman–Crippen MR) is 127 cm³/mol. The number of amides is 1. The molecule has 1 fully saturated rings. The summed E-state index contributed by atoms with van der Waals surface area (Å²) >= 11 is 1.70. The van der Waals surface area contributed by atoms with Gasteiger partial charge in [0.05, 0.1) is 11.4 Å². The number of carbonyl (C=O) groups is 1. The van der Waals surface area contributed by atoms with Gasteiger partial charge in [-0.3, -0.25) is 9.69 Å². The quantitative estimate of drug-likeness (QED) is 0.576. The lowest BCUT2D eigenvalue weighted by molar-refractivity contribution is -0.115. The van der Waals surface area contributed by atoms with E-state index in [2.05, 4.69) is 51.5 Å². The standard InChI is InChI=1S/C25H29N3OS/c29-24(20-21-8-3-1-4-9-21)26-25-14-13-23(30-25)12-7-15-27-16-18-28(19-17-27)22-10-5-2-6-11-22/h1-6,8-11,13-14H,7,12,15-20H2,(H,26,29). The van der Waals surface area contributed by atoms with Gasteiger partial charge in [-0.05, 0) is 49.2 Å². The van der Waals surface area contributed by atoms with Gasteiger partial charge in [0.25, 0.3) is 0 Å². The lowest BCUT2D eigenvalue weighted by Crippen LogP contribution is -2.46. The molecule has 0 bridgehead atoms. The van der Waals surface area contributed by atoms with E-state index in [-0.39, 0.29) is 5.91 Å². The Bertz CT molecular complexity index is 918. The number of anilines is 2. The number of rotatable bonds is 8. The Labute approximate surface area is 183 Å². The van der Waals surface area contributed by atoms with Crippen LogP contribution in [0, 0.1) is 0 Å². The number of piperazine rings is 1. The van der Waals surface area contributed by atoms with Gasteiger partial charge in [-0.15, -0.1) is 11.3 Å². The fourth-order valence-electron chi connectivity index (χ4n) is 3.89. The summed E-state index contributed by atoms with van der Waals surface area (Å²) in [6.45, 7) is 5.58. The second-order valence-electron chi connectivity index (χ2n) is 7.74. The van der Waals surface area contributed by atoms with E-state index in [0.29, 0.717) is 6.42 Å². The fourth-order valence-corrected chi connectivity index (χ4v) is 4.85. The van der Waals surface area contributed by atoms with Crippen LogP contribution in [-0.4, -0.2) is 43.5 Å². The third-order valence-electron chi connectivity index (χ3n) is 5.52. The summed E-state index contributed by atoms with van der Waals surface area (Å²) in [7, 11) is 0. The average Bonchev–Trinajstić information content (AvgIpc) is 3.22. The highest BCUT2D eigenvalue weighted by atomic mass is 32.1. The molecule has 0 aliphatic carbocycles. The predicted octanol–water partition coefficient (Wildman–Crippen LogP) is 4.68. The van der Waals surface area contributed by atoms with Crippen LogP contribution < -0.4 is 10.2 Å². The number of thiophene rings is 1. The van der Waals surface area contributed by atoms with Gasteiger partial charge in [0.15, 0.2) is 0 Å². The van der Waals surface area contributed by atoms with Crippen LogP contribution in [0.2, 0.25) is 0 Å². The van der Waals surface area contributed by atoms with E-state index in [4.69, 9.17) is 0 Å². The van der Waals surface area contributed by atoms with E-state index in [1.165, 1.54) is 10.6 Å². The van der Waals surface area contributed by atoms with Crippen molar-refractivity contribution in [1.82, 2.24) is 4.90 Å². The maximum absolute atomic E-state index is 12.2. The second-order valence-corrected chi connectivity index (χ2v) is 8.91. The third kappa shape index (κ3) is 5.94. The number of nitrogens with zero attached hydrogens (tertiary/aromatic N) is 2. The molecule has 1 N–H and O–H groups in total. The zero-order chi connectivity index (χ0) is 20.6. The molecule has 4 nitrogen and oxygen atoms in total. The summed E-state index contributed by atoms with van der Waals surface area (Å²) in [5.41, 5.74) is 2.37. The van der Waals surface area contributed by atoms with Crippen molar-refractivity contribution >= 4 is 27.9 Å². The van der Waals surface area contributed by atoms with Gasteiger partial charge in [-0.2, -0.15) is 0 Å². The average molecular weight is 420 g/mol. The largest absolute Gasteiger partial charge is 0.369 e. The number of carbonyl (C=O) groups excluding carboxylic acids is 1. The van der Waals surface area contributed by atoms with Crippen LogP contribution in [0.15, 0.2) is 72.8 Å². The molecule has 30 heavy (non-hydrogen) atoms. The number of nitrogens with one attached hydrogen (secondary N) is 1. The number of benzene rings is 2. The van der Waals surface area contributed by atoms with Gasteiger partial charge in [0, 0.05) is 36.7 Å². The van der Waals surface area contributed by atoms with E-state index in [9.17, 15) is 4.79 Å². The second kappa shape index (κ2) is 10.4. The van der Waals surface area contributed by atoms with E-state index in [1.807, 2.05) is 36.4 Å². The van der Waals surface area contributed by atoms with Crippen molar-refractivity contribution in [2.45, 2.75) is 19.3 Å². The molecule has 1 aromatic heterocycles. The normalized spacial score (nSPS) is 14.6. The molecule has 1 saturated heterocycles. The van der Waals surface area contributed by atoms with Crippen molar-refractivity contribution in [2.75, 3.05) is 42.9 Å². The van der Waals surface area contributed by atoms with Crippen LogP contribution in [0.1, 0.15) is 16.9 Å². The number of hydrogen-bond donors (Lipinski definition) is 1. The molecule has 0 saturated carbocycles. The van der Waals surface area contributed by atoms with E-state index in [0.717, 1.165) is 56.1 Å². The highest BCUT2D eigenvalue weighted by molar-refractivity contribution is 7.16. The zero-order valence-corrected chi connectivity index (χ0v) is 18.1. The van der Waals surface area contributed by atoms with Crippen molar-refractivity contribution in [2.24, 2.45) is 0 Å². The maximum atomic E-state index is 12.2. The van der Waals surface area contributed by atoms with Gasteiger partial charge < -0.3 is 10.2 Å². The molecular formula is C25H29N3OS. The fraction of sp³-hybridized carbons (Fsp3) is 0.320. The Kier molecular flexibility index (Phi) is 7.16. The number of para-hydroxylation sites is 1. The van der Waals surface area contributed by atoms with Gasteiger partial charge >= 0.3 is 0 Å². The van der Waals surface area contributed by atoms with Crippen LogP contribution in [0.3, 0.4) is 0 Å². The number of aryl methyl sites for hydroxylation is 1. The van der Waals surface area contributed by atoms with Crippen LogP contribution in [0.5, 0.6) is 0 Å². The van der Waals surface area contributed by atoms with Crippen LogP contribution in [-0.2, 0) is 17.6 Å². The van der Waals surface area contributed by atoms with Crippen molar-refractivity contribution in [3.05, 3.63) is 83.2 Å². The minimum absolute atomic E-state index is 0.0471. The number of hydrogen-bond acceptors (Lipinski definition) is 4. The summed E-state index contributed by atoms with van der Waals surface area (Å²) in [5, 5.41) is 3.98. The Hall–Kier alpha value is -2.63. The van der Waals surface area contributed by atoms with E-state index >= 15 is 0 Å². The minimum atomic E-state index is 0.0471. The minimum Gasteiger partial charge on any atom is -0.369 e. The molecule has 5 heteroatoms. The lowest BCUT2D eigenvalue weighted by atomic mass is 10.1. The maximum Gasteiger partial charge on any atom is 0.229 e. The zero-order valence-electron chi connectivity index (χ0n) is 17.3. The first-order chi connectivity index (χ1) is 14.8. The monoisotopic (exact) mass is 419 g/mol. The Balaban J connectivity index is 1.16. The highest BCUT2D eigenvalue weighted by Crippen LogP contribution is 2.23. The first kappa shape index (κ1) is 20.6. The SMILES string of the molecule is O=C(Cc1ccccc1)Nc1ccc(CCCN2CCN(c3ccccc3)CC2)s1. The molecule has 1 aliphatic heterocycles. The van der Waals surface area contributed by atoms with Crippen LogP contribution >= 0.6 is 11.3 Å². The van der Waals surface area contributed by atoms with Crippen LogP contribution in [0.25, 0.3) is 0 Å². The molecule has 156 valence electrons. The molecule has 0 unspecified atom stereocenters. The van der Waals surface area contributed by atoms with E-state index < -0.39 is 0 Å². The summed E-state index contributed by atoms with van der Waals surface area (Å²) < 4.78 is 0. The third-order valence-corrected chi connectivity index (χ3v) is 6.58. The van der Waals surface area contributed by atoms with Crippen molar-refractivity contribution in [3.63, 3.8) is 0 Å². The molecule has 0 radical (unpaired) electrons. The first-order valence-electron chi connectivity index (χ1n) is 10.7. The van der Waals surface area contributed by atoms with Gasteiger partial charge in [0.2, 0.25) is 5.91 Å².